The molecule has 0 aromatic carbocycles. The first-order valence-electron chi connectivity index (χ1n) is 5.11. The van der Waals surface area contributed by atoms with E-state index in [1.807, 2.05) is 41.8 Å². The number of nitrogens with zero attached hydrogens (tertiary/aromatic N) is 1. The molecule has 0 atom stereocenters. The number of hydroxylamine groups is 2. The molecule has 0 amide bonds. The molecule has 0 bridgehead atoms. The Hall–Kier alpha value is -0.160. The highest BCUT2D eigenvalue weighted by Crippen LogP contribution is 1.90. The minimum Gasteiger partial charge on any atom is -0.353 e. The Balaban J connectivity index is 0. The smallest absolute Gasteiger partial charge is 0.154 e. The number of hydrogen-bond acceptors (Lipinski definition) is 4. The van der Waals surface area contributed by atoms with E-state index in [0.29, 0.717) is 0 Å². The highest BCUT2D eigenvalue weighted by atomic mass is 16.7. The summed E-state index contributed by atoms with van der Waals surface area (Å²) in [5.41, 5.74) is 0. The standard InChI is InChI=1S/C6H14O2.C4H11NO/c1-4-7-6(3)8-5-2;1-4-6-5(2)3/h6H,4-5H2,1-3H3;4H2,1-3H3. The molecule has 0 aliphatic rings. The minimum absolute atomic E-state index is 0.0370. The van der Waals surface area contributed by atoms with Gasteiger partial charge in [0.05, 0.1) is 6.61 Å². The molecule has 0 aliphatic carbocycles. The van der Waals surface area contributed by atoms with Crippen molar-refractivity contribution >= 4 is 0 Å². The van der Waals surface area contributed by atoms with Crippen LogP contribution in [0.4, 0.5) is 0 Å². The van der Waals surface area contributed by atoms with Gasteiger partial charge in [-0.1, -0.05) is 0 Å². The third-order valence-corrected chi connectivity index (χ3v) is 1.19. The lowest BCUT2D eigenvalue weighted by atomic mass is 10.7. The lowest BCUT2D eigenvalue weighted by molar-refractivity contribution is -0.123. The van der Waals surface area contributed by atoms with Crippen molar-refractivity contribution in [1.82, 2.24) is 5.06 Å². The van der Waals surface area contributed by atoms with Crippen molar-refractivity contribution in [2.75, 3.05) is 33.9 Å². The number of hydrogen-bond donors (Lipinski definition) is 0. The molecule has 0 saturated carbocycles. The Morgan fingerprint density at radius 1 is 0.929 bits per heavy atom. The molecule has 14 heavy (non-hydrogen) atoms. The van der Waals surface area contributed by atoms with Crippen molar-refractivity contribution < 1.29 is 14.3 Å². The van der Waals surface area contributed by atoms with Crippen LogP contribution in [0.3, 0.4) is 0 Å². The zero-order valence-electron chi connectivity index (χ0n) is 10.4. The van der Waals surface area contributed by atoms with Crippen LogP contribution in [0.25, 0.3) is 0 Å². The van der Waals surface area contributed by atoms with Gasteiger partial charge in [0.25, 0.3) is 0 Å². The van der Waals surface area contributed by atoms with Gasteiger partial charge in [-0.3, -0.25) is 4.84 Å². The largest absolute Gasteiger partial charge is 0.353 e. The fourth-order valence-electron chi connectivity index (χ4n) is 0.776. The van der Waals surface area contributed by atoms with Crippen LogP contribution in [0.2, 0.25) is 0 Å². The summed E-state index contributed by atoms with van der Waals surface area (Å²) in [6, 6.07) is 0. The monoisotopic (exact) mass is 207 g/mol. The third-order valence-electron chi connectivity index (χ3n) is 1.19. The maximum absolute atomic E-state index is 5.06. The molecule has 0 fully saturated rings. The molecule has 0 heterocycles. The van der Waals surface area contributed by atoms with E-state index in [2.05, 4.69) is 0 Å². The fourth-order valence-corrected chi connectivity index (χ4v) is 0.776. The van der Waals surface area contributed by atoms with E-state index in [-0.39, 0.29) is 6.29 Å². The van der Waals surface area contributed by atoms with Crippen LogP contribution in [0.15, 0.2) is 0 Å². The summed E-state index contributed by atoms with van der Waals surface area (Å²) in [6.07, 6.45) is -0.0370. The topological polar surface area (TPSA) is 30.9 Å². The second-order valence-electron chi connectivity index (χ2n) is 2.71. The molecule has 0 spiro atoms. The summed E-state index contributed by atoms with van der Waals surface area (Å²) in [4.78, 5) is 4.88. The maximum Gasteiger partial charge on any atom is 0.154 e. The zero-order chi connectivity index (χ0) is 11.4. The molecule has 4 nitrogen and oxygen atoms in total. The first kappa shape index (κ1) is 16.3. The van der Waals surface area contributed by atoms with Crippen LogP contribution in [-0.4, -0.2) is 45.3 Å². The van der Waals surface area contributed by atoms with Gasteiger partial charge in [0, 0.05) is 27.3 Å². The van der Waals surface area contributed by atoms with Crippen LogP contribution >= 0.6 is 0 Å². The van der Waals surface area contributed by atoms with Crippen molar-refractivity contribution in [2.24, 2.45) is 0 Å². The molecule has 0 N–H and O–H groups in total. The van der Waals surface area contributed by atoms with Crippen LogP contribution in [0.5, 0.6) is 0 Å². The second-order valence-corrected chi connectivity index (χ2v) is 2.71. The lowest BCUT2D eigenvalue weighted by Crippen LogP contribution is -2.11. The first-order chi connectivity index (χ1) is 6.58. The van der Waals surface area contributed by atoms with Gasteiger partial charge in [0.15, 0.2) is 6.29 Å². The van der Waals surface area contributed by atoms with Crippen LogP contribution in [-0.2, 0) is 14.3 Å². The highest BCUT2D eigenvalue weighted by molar-refractivity contribution is 4.26. The summed E-state index contributed by atoms with van der Waals surface area (Å²) >= 11 is 0. The van der Waals surface area contributed by atoms with E-state index < -0.39 is 0 Å². The molecule has 0 radical (unpaired) electrons. The van der Waals surface area contributed by atoms with Gasteiger partial charge in [-0.25, -0.2) is 0 Å². The van der Waals surface area contributed by atoms with E-state index in [0.717, 1.165) is 19.8 Å². The van der Waals surface area contributed by atoms with Gasteiger partial charge in [-0.15, -0.1) is 0 Å². The average molecular weight is 207 g/mol. The molecule has 4 heteroatoms. The molecule has 0 unspecified atom stereocenters. The Morgan fingerprint density at radius 3 is 1.50 bits per heavy atom. The van der Waals surface area contributed by atoms with E-state index in [1.54, 1.807) is 5.06 Å². The Morgan fingerprint density at radius 2 is 1.36 bits per heavy atom. The molecule has 0 aromatic rings. The van der Waals surface area contributed by atoms with Gasteiger partial charge >= 0.3 is 0 Å². The van der Waals surface area contributed by atoms with Crippen molar-refractivity contribution in [3.05, 3.63) is 0 Å². The Kier molecular flexibility index (Phi) is 14.9. The minimum atomic E-state index is -0.0370. The number of ether oxygens (including phenoxy) is 2. The van der Waals surface area contributed by atoms with Crippen molar-refractivity contribution in [3.63, 3.8) is 0 Å². The quantitative estimate of drug-likeness (QED) is 0.492. The van der Waals surface area contributed by atoms with Crippen molar-refractivity contribution in [3.8, 4) is 0 Å². The second kappa shape index (κ2) is 12.8. The molecular formula is C10H25NO3. The molecule has 0 aliphatic heterocycles. The van der Waals surface area contributed by atoms with Gasteiger partial charge < -0.3 is 9.47 Å². The molecule has 88 valence electrons. The zero-order valence-corrected chi connectivity index (χ0v) is 10.4. The number of rotatable bonds is 6. The average Bonchev–Trinajstić information content (AvgIpc) is 2.05. The van der Waals surface area contributed by atoms with Gasteiger partial charge in [0.1, 0.15) is 0 Å². The van der Waals surface area contributed by atoms with Gasteiger partial charge in [0.2, 0.25) is 0 Å². The summed E-state index contributed by atoms with van der Waals surface area (Å²) in [7, 11) is 3.73. The predicted octanol–water partition coefficient (Wildman–Crippen LogP) is 1.90. The normalized spacial score (nSPS) is 10.3. The lowest BCUT2D eigenvalue weighted by Gasteiger charge is -2.09. The molecule has 0 saturated heterocycles. The Bertz CT molecular complexity index is 93.4. The molecular weight excluding hydrogens is 182 g/mol. The summed E-state index contributed by atoms with van der Waals surface area (Å²) in [6.45, 7) is 9.97. The van der Waals surface area contributed by atoms with Gasteiger partial charge in [-0.2, -0.15) is 5.06 Å². The summed E-state index contributed by atoms with van der Waals surface area (Å²) in [5, 5.41) is 1.68. The van der Waals surface area contributed by atoms with Crippen molar-refractivity contribution in [2.45, 2.75) is 34.0 Å². The SMILES string of the molecule is CCOC(C)OCC.CCON(C)C. The van der Waals surface area contributed by atoms with Gasteiger partial charge in [-0.05, 0) is 27.7 Å². The van der Waals surface area contributed by atoms with E-state index in [4.69, 9.17) is 14.3 Å². The predicted molar refractivity (Wildman–Crippen MR) is 58.0 cm³/mol. The summed E-state index contributed by atoms with van der Waals surface area (Å²) < 4.78 is 10.1. The first-order valence-corrected chi connectivity index (χ1v) is 5.11. The van der Waals surface area contributed by atoms with E-state index in [1.165, 1.54) is 0 Å². The maximum atomic E-state index is 5.06. The van der Waals surface area contributed by atoms with E-state index >= 15 is 0 Å². The van der Waals surface area contributed by atoms with Crippen LogP contribution < -0.4 is 0 Å². The summed E-state index contributed by atoms with van der Waals surface area (Å²) in [5.74, 6) is 0. The van der Waals surface area contributed by atoms with E-state index in [9.17, 15) is 0 Å². The van der Waals surface area contributed by atoms with Crippen LogP contribution in [0, 0.1) is 0 Å². The fraction of sp³-hybridized carbons (Fsp3) is 1.00. The van der Waals surface area contributed by atoms with Crippen molar-refractivity contribution in [1.29, 1.82) is 0 Å². The Labute approximate surface area is 88.1 Å². The highest BCUT2D eigenvalue weighted by Gasteiger charge is 1.94. The molecule has 0 aromatic heterocycles. The molecule has 0 rings (SSSR count). The van der Waals surface area contributed by atoms with Crippen LogP contribution in [0.1, 0.15) is 27.7 Å². The third kappa shape index (κ3) is 17.8.